The summed E-state index contributed by atoms with van der Waals surface area (Å²) in [4.78, 5) is 97.5. The Kier molecular flexibility index (Phi) is 13.7. The van der Waals surface area contributed by atoms with Gasteiger partial charge in [0.25, 0.3) is 0 Å². The third-order valence-electron chi connectivity index (χ3n) is 5.51. The van der Waals surface area contributed by atoms with E-state index in [9.17, 15) is 28.8 Å². The van der Waals surface area contributed by atoms with E-state index in [1.165, 1.54) is 36.4 Å². The second-order valence-electron chi connectivity index (χ2n) is 8.66. The minimum Gasteiger partial charge on any atom is -0.432 e. The second-order valence-corrected chi connectivity index (χ2v) is 8.66. The standard InChI is InChI=1S/C30H26O15/c31-25(22-10-4-1-5-11-22)40-43-28(34)37-18-16-21(20-39-30(36)45-42-27(33)24-14-8-3-9-15-24)17-19-38-29(35)44-41-26(32)23-12-6-2-7-13-23/h1-15,21H,16-20H2. The van der Waals surface area contributed by atoms with Crippen molar-refractivity contribution in [3.8, 4) is 0 Å². The van der Waals surface area contributed by atoms with E-state index >= 15 is 0 Å². The van der Waals surface area contributed by atoms with Crippen LogP contribution in [-0.4, -0.2) is 56.2 Å². The van der Waals surface area contributed by atoms with E-state index < -0.39 is 42.3 Å². The van der Waals surface area contributed by atoms with Crippen LogP contribution >= 0.6 is 0 Å². The molecule has 0 aliphatic carbocycles. The molecule has 0 bridgehead atoms. The second kappa shape index (κ2) is 18.4. The molecule has 0 unspecified atom stereocenters. The first-order valence-electron chi connectivity index (χ1n) is 13.1. The Labute approximate surface area is 255 Å². The van der Waals surface area contributed by atoms with Crippen LogP contribution in [0.3, 0.4) is 0 Å². The SMILES string of the molecule is O=C(OCCC(CCOC(=O)OOC(=O)c1ccccc1)COC(=O)OOC(=O)c1ccccc1)OOC(=O)c1ccccc1. The molecule has 0 aromatic heterocycles. The third kappa shape index (κ3) is 12.7. The predicted molar refractivity (Wildman–Crippen MR) is 146 cm³/mol. The number of hydrogen-bond donors (Lipinski definition) is 0. The zero-order valence-electron chi connectivity index (χ0n) is 23.4. The van der Waals surface area contributed by atoms with Gasteiger partial charge in [-0.05, 0) is 55.2 Å². The van der Waals surface area contributed by atoms with Crippen LogP contribution in [0.4, 0.5) is 14.4 Å². The van der Waals surface area contributed by atoms with Gasteiger partial charge in [0.05, 0.1) is 36.5 Å². The van der Waals surface area contributed by atoms with E-state index in [1.54, 1.807) is 54.6 Å². The van der Waals surface area contributed by atoms with Gasteiger partial charge in [0.15, 0.2) is 0 Å². The van der Waals surface area contributed by atoms with Gasteiger partial charge in [-0.25, -0.2) is 43.7 Å². The van der Waals surface area contributed by atoms with Crippen LogP contribution in [0.1, 0.15) is 43.9 Å². The van der Waals surface area contributed by atoms with E-state index in [2.05, 4.69) is 29.3 Å². The molecule has 0 spiro atoms. The molecule has 0 amide bonds. The molecule has 45 heavy (non-hydrogen) atoms. The molecule has 15 nitrogen and oxygen atoms in total. The maximum Gasteiger partial charge on any atom is 0.549 e. The highest BCUT2D eigenvalue weighted by Gasteiger charge is 2.20. The van der Waals surface area contributed by atoms with Gasteiger partial charge >= 0.3 is 36.4 Å². The number of ether oxygens (including phenoxy) is 3. The van der Waals surface area contributed by atoms with Gasteiger partial charge in [-0.15, -0.1) is 0 Å². The molecule has 0 heterocycles. The molecule has 3 aromatic rings. The first kappa shape index (κ1) is 33.4. The predicted octanol–water partition coefficient (Wildman–Crippen LogP) is 5.16. The van der Waals surface area contributed by atoms with Crippen LogP contribution < -0.4 is 0 Å². The Balaban J connectivity index is 1.42. The summed E-state index contributed by atoms with van der Waals surface area (Å²) in [6.45, 7) is -0.996. The molecule has 0 radical (unpaired) electrons. The highest BCUT2D eigenvalue weighted by Crippen LogP contribution is 2.13. The van der Waals surface area contributed by atoms with Crippen molar-refractivity contribution in [2.45, 2.75) is 12.8 Å². The van der Waals surface area contributed by atoms with Crippen molar-refractivity contribution in [3.63, 3.8) is 0 Å². The Bertz CT molecular complexity index is 1340. The lowest BCUT2D eigenvalue weighted by atomic mass is 10.0. The number of carbonyl (C=O) groups excluding carboxylic acids is 6. The maximum absolute atomic E-state index is 11.9. The van der Waals surface area contributed by atoms with E-state index in [0.717, 1.165) is 0 Å². The van der Waals surface area contributed by atoms with Gasteiger partial charge < -0.3 is 14.2 Å². The molecule has 3 rings (SSSR count). The van der Waals surface area contributed by atoms with Crippen LogP contribution in [0.15, 0.2) is 91.0 Å². The van der Waals surface area contributed by atoms with Crippen LogP contribution in [0.5, 0.6) is 0 Å². The lowest BCUT2D eigenvalue weighted by Crippen LogP contribution is -2.21. The smallest absolute Gasteiger partial charge is 0.432 e. The van der Waals surface area contributed by atoms with Crippen molar-refractivity contribution in [1.82, 2.24) is 0 Å². The molecule has 0 N–H and O–H groups in total. The molecule has 0 fully saturated rings. The Hall–Kier alpha value is -6.12. The van der Waals surface area contributed by atoms with Gasteiger partial charge in [-0.1, -0.05) is 54.6 Å². The van der Waals surface area contributed by atoms with E-state index in [4.69, 9.17) is 14.2 Å². The first-order chi connectivity index (χ1) is 21.8. The molecule has 236 valence electrons. The summed E-state index contributed by atoms with van der Waals surface area (Å²) >= 11 is 0. The fraction of sp³-hybridized carbons (Fsp3) is 0.200. The first-order valence-corrected chi connectivity index (χ1v) is 13.1. The number of hydrogen-bond acceptors (Lipinski definition) is 15. The van der Waals surface area contributed by atoms with Crippen LogP contribution in [0.25, 0.3) is 0 Å². The summed E-state index contributed by atoms with van der Waals surface area (Å²) in [5, 5.41) is 0. The Morgan fingerprint density at radius 3 is 1.07 bits per heavy atom. The lowest BCUT2D eigenvalue weighted by molar-refractivity contribution is -0.206. The summed E-state index contributed by atoms with van der Waals surface area (Å²) in [6.07, 6.45) is -3.98. The van der Waals surface area contributed by atoms with Crippen LogP contribution in [-0.2, 0) is 43.5 Å². The Morgan fingerprint density at radius 1 is 0.422 bits per heavy atom. The topological polar surface area (TPSA) is 185 Å². The average Bonchev–Trinajstić information content (AvgIpc) is 3.08. The van der Waals surface area contributed by atoms with Gasteiger partial charge in [0.1, 0.15) is 0 Å². The van der Waals surface area contributed by atoms with Crippen LogP contribution in [0.2, 0.25) is 0 Å². The van der Waals surface area contributed by atoms with Crippen molar-refractivity contribution >= 4 is 36.4 Å². The molecule has 0 atom stereocenters. The third-order valence-corrected chi connectivity index (χ3v) is 5.51. The molecular formula is C30H26O15. The quantitative estimate of drug-likeness (QED) is 0.117. The van der Waals surface area contributed by atoms with E-state index in [1.807, 2.05) is 0 Å². The van der Waals surface area contributed by atoms with Gasteiger partial charge in [0.2, 0.25) is 0 Å². The Morgan fingerprint density at radius 2 is 0.733 bits per heavy atom. The van der Waals surface area contributed by atoms with E-state index in [-0.39, 0.29) is 49.4 Å². The normalized spacial score (nSPS) is 10.1. The summed E-state index contributed by atoms with van der Waals surface area (Å²) in [5.74, 6) is -3.43. The molecule has 0 aliphatic heterocycles. The highest BCUT2D eigenvalue weighted by atomic mass is 17.2. The van der Waals surface area contributed by atoms with Gasteiger partial charge in [-0.2, -0.15) is 14.4 Å². The minimum atomic E-state index is -1.36. The highest BCUT2D eigenvalue weighted by molar-refractivity contribution is 5.90. The fourth-order valence-electron chi connectivity index (χ4n) is 3.27. The van der Waals surface area contributed by atoms with Gasteiger partial charge in [-0.3, -0.25) is 0 Å². The summed E-state index contributed by atoms with van der Waals surface area (Å²) in [7, 11) is 0. The molecule has 3 aromatic carbocycles. The molecule has 0 aliphatic rings. The molecule has 0 saturated carbocycles. The lowest BCUT2D eigenvalue weighted by Gasteiger charge is -2.16. The number of rotatable bonds is 11. The monoisotopic (exact) mass is 626 g/mol. The minimum absolute atomic E-state index is 0.0141. The number of carbonyl (C=O) groups is 6. The average molecular weight is 627 g/mol. The largest absolute Gasteiger partial charge is 0.549 e. The zero-order chi connectivity index (χ0) is 32.3. The molecule has 0 saturated heterocycles. The van der Waals surface area contributed by atoms with Crippen molar-refractivity contribution in [1.29, 1.82) is 0 Å². The molecular weight excluding hydrogens is 600 g/mol. The summed E-state index contributed by atoms with van der Waals surface area (Å²) in [5.41, 5.74) is 0.398. The zero-order valence-corrected chi connectivity index (χ0v) is 23.4. The number of benzene rings is 3. The van der Waals surface area contributed by atoms with E-state index in [0.29, 0.717) is 0 Å². The van der Waals surface area contributed by atoms with Crippen molar-refractivity contribution in [3.05, 3.63) is 108 Å². The van der Waals surface area contributed by atoms with Crippen LogP contribution in [0, 0.1) is 5.92 Å². The van der Waals surface area contributed by atoms with Crippen molar-refractivity contribution < 1.29 is 72.3 Å². The van der Waals surface area contributed by atoms with Gasteiger partial charge in [0, 0.05) is 0 Å². The summed E-state index contributed by atoms with van der Waals surface area (Å²) in [6, 6.07) is 23.2. The maximum atomic E-state index is 11.9. The fourth-order valence-corrected chi connectivity index (χ4v) is 3.27. The summed E-state index contributed by atoms with van der Waals surface area (Å²) < 4.78 is 14.7. The van der Waals surface area contributed by atoms with Crippen molar-refractivity contribution in [2.75, 3.05) is 19.8 Å². The van der Waals surface area contributed by atoms with Crippen molar-refractivity contribution in [2.24, 2.45) is 5.92 Å². The molecule has 15 heteroatoms.